The lowest BCUT2D eigenvalue weighted by molar-refractivity contribution is 1.04. The van der Waals surface area contributed by atoms with Gasteiger partial charge < -0.3 is 13.7 Å². The lowest BCUT2D eigenvalue weighted by atomic mass is 10.0. The van der Waals surface area contributed by atoms with Crippen LogP contribution in [0.1, 0.15) is 13.7 Å². The molecule has 0 saturated heterocycles. The van der Waals surface area contributed by atoms with Gasteiger partial charge in [0.05, 0.1) is 70.4 Å². The SMILES string of the molecule is [2H]c1c([2H])c([2H])c(-c2ccc3sc4c(ccc5c4c4cc(-c6ccccc6)ccc4n5-c4c([N+]#[C-])cc(-c5nc(-c6ccccc6)nc(-c6ccccc6)n5)c(-n5c6ccc(-c7ccccc7)cc6c6c7sc8ccc(-c9c([2H])c([2H])c([2H])c([2H])c9[2H])cc8c7ccc65)c4-n4c5ccccc5c5ccccc54)c3c2)c([2H])c1[2H]. The molecular weight excluding hydrogens is 1290 g/mol. The maximum absolute atomic E-state index is 9.99. The van der Waals surface area contributed by atoms with E-state index in [0.29, 0.717) is 51.2 Å². The Morgan fingerprint density at radius 1 is 0.282 bits per heavy atom. The van der Waals surface area contributed by atoms with Crippen molar-refractivity contribution in [3.63, 3.8) is 0 Å². The molecule has 21 aromatic rings. The molecule has 0 aliphatic rings. The summed E-state index contributed by atoms with van der Waals surface area (Å²) in [6.45, 7) is 9.99. The van der Waals surface area contributed by atoms with Crippen molar-refractivity contribution in [1.29, 1.82) is 0 Å². The van der Waals surface area contributed by atoms with Crippen molar-refractivity contribution in [3.8, 4) is 95.7 Å². The predicted molar refractivity (Wildman–Crippen MR) is 433 cm³/mol. The minimum atomic E-state index is -0.458. The standard InChI is InChI=1S/C94H55N7S2/c1-95-76-56-75(94-97-92(61-32-16-6-17-33-61)96-93(98-94)62-34-18-7-19-35-62)87(100-79-46-40-63(57-24-8-2-9-25-57)54-73(79)85-81(100)48-44-69-71-52-65(59-28-12-4-13-29-59)42-50-83(71)102-90(69)85)89(99-77-38-22-20-36-67(77)68-37-21-23-39-78(68)99)88(76)101-80-47-41-64(58-26-10-3-11-27-58)55-74(80)86-82(101)49-45-70-72-53-66(60-30-14-5-15-31-60)43-51-84(72)103-91(70)86/h2-56H/i4D,5D,12D,13D,14D,15D,28D,29D,30D,31D. The van der Waals surface area contributed by atoms with Crippen molar-refractivity contribution >= 4 is 134 Å². The number of benzene rings is 15. The summed E-state index contributed by atoms with van der Waals surface area (Å²) in [5.74, 6) is 1.14. The first kappa shape index (κ1) is 49.2. The number of aromatic nitrogens is 6. The van der Waals surface area contributed by atoms with E-state index in [2.05, 4.69) is 147 Å². The Bertz CT molecular complexity index is 7590. The Labute approximate surface area is 613 Å². The molecule has 0 bridgehead atoms. The molecule has 9 heteroatoms. The minimum Gasteiger partial charge on any atom is -0.317 e. The van der Waals surface area contributed by atoms with E-state index in [1.807, 2.05) is 140 Å². The van der Waals surface area contributed by atoms with Crippen molar-refractivity contribution in [2.45, 2.75) is 0 Å². The quantitative estimate of drug-likeness (QED) is 0.128. The van der Waals surface area contributed by atoms with Gasteiger partial charge >= 0.3 is 0 Å². The van der Waals surface area contributed by atoms with Gasteiger partial charge in [-0.1, -0.05) is 255 Å². The topological polar surface area (TPSA) is 57.8 Å². The van der Waals surface area contributed by atoms with Gasteiger partial charge in [0.15, 0.2) is 17.5 Å². The average Bonchev–Trinajstić information content (AvgIpc) is 1.54. The second kappa shape index (κ2) is 23.4. The zero-order chi connectivity index (χ0) is 76.5. The van der Waals surface area contributed by atoms with Gasteiger partial charge in [0.25, 0.3) is 0 Å². The lowest BCUT2D eigenvalue weighted by Gasteiger charge is -2.26. The van der Waals surface area contributed by atoms with Gasteiger partial charge in [0.2, 0.25) is 5.69 Å². The molecule has 21 rings (SSSR count). The summed E-state index contributed by atoms with van der Waals surface area (Å²) in [5.41, 5.74) is 14.3. The van der Waals surface area contributed by atoms with Crippen molar-refractivity contribution in [2.24, 2.45) is 0 Å². The van der Waals surface area contributed by atoms with E-state index in [0.717, 1.165) is 139 Å². The van der Waals surface area contributed by atoms with Gasteiger partial charge in [-0.05, 0) is 123 Å². The van der Waals surface area contributed by atoms with Crippen molar-refractivity contribution in [3.05, 3.63) is 345 Å². The molecule has 15 aromatic carbocycles. The molecule has 0 saturated carbocycles. The van der Waals surface area contributed by atoms with E-state index >= 15 is 0 Å². The first-order valence-corrected chi connectivity index (χ1v) is 35.4. The van der Waals surface area contributed by atoms with Gasteiger partial charge in [-0.15, -0.1) is 22.7 Å². The Kier molecular flexibility index (Phi) is 11.2. The highest BCUT2D eigenvalue weighted by atomic mass is 32.1. The summed E-state index contributed by atoms with van der Waals surface area (Å²) < 4.78 is 98.8. The molecule has 0 aliphatic heterocycles. The van der Waals surface area contributed by atoms with Gasteiger partial charge in [0, 0.05) is 89.4 Å². The van der Waals surface area contributed by atoms with E-state index < -0.39 is 36.3 Å². The summed E-state index contributed by atoms with van der Waals surface area (Å²) in [6, 6.07) is 88.8. The summed E-state index contributed by atoms with van der Waals surface area (Å²) in [6.07, 6.45) is 0. The molecule has 0 radical (unpaired) electrons. The number of hydrogen-bond donors (Lipinski definition) is 0. The second-order valence-electron chi connectivity index (χ2n) is 25.7. The fourth-order valence-electron chi connectivity index (χ4n) is 15.5. The Balaban J connectivity index is 0.961. The van der Waals surface area contributed by atoms with Crippen molar-refractivity contribution in [2.75, 3.05) is 0 Å². The Morgan fingerprint density at radius 3 is 1.12 bits per heavy atom. The molecule has 0 N–H and O–H groups in total. The van der Waals surface area contributed by atoms with E-state index in [1.165, 1.54) is 0 Å². The van der Waals surface area contributed by atoms with E-state index in [4.69, 9.17) is 33.5 Å². The molecule has 0 spiro atoms. The molecular formula is C94H55N7S2. The molecule has 103 heavy (non-hydrogen) atoms. The van der Waals surface area contributed by atoms with Crippen LogP contribution in [0, 0.1) is 6.57 Å². The maximum atomic E-state index is 9.99. The largest absolute Gasteiger partial charge is 0.317 e. The summed E-state index contributed by atoms with van der Waals surface area (Å²) in [5, 5.41) is 9.11. The molecule has 6 heterocycles. The molecule has 0 unspecified atom stereocenters. The molecule has 7 nitrogen and oxygen atoms in total. The Morgan fingerprint density at radius 2 is 0.650 bits per heavy atom. The van der Waals surface area contributed by atoms with Gasteiger partial charge in [-0.3, -0.25) is 0 Å². The zero-order valence-electron chi connectivity index (χ0n) is 64.4. The maximum Gasteiger partial charge on any atom is 0.213 e. The van der Waals surface area contributed by atoms with Crippen LogP contribution in [-0.4, -0.2) is 28.7 Å². The molecule has 0 atom stereocenters. The molecule has 0 aliphatic carbocycles. The van der Waals surface area contributed by atoms with Crippen LogP contribution in [0.15, 0.2) is 333 Å². The summed E-state index contributed by atoms with van der Waals surface area (Å²) >= 11 is 3.24. The van der Waals surface area contributed by atoms with Crippen LogP contribution in [-0.2, 0) is 0 Å². The third-order valence-electron chi connectivity index (χ3n) is 20.1. The number of para-hydroxylation sites is 2. The number of nitrogens with zero attached hydrogens (tertiary/aromatic N) is 7. The smallest absolute Gasteiger partial charge is 0.213 e. The van der Waals surface area contributed by atoms with Gasteiger partial charge in [-0.2, -0.15) is 0 Å². The zero-order valence-corrected chi connectivity index (χ0v) is 56.1. The van der Waals surface area contributed by atoms with E-state index in [9.17, 15) is 6.57 Å². The van der Waals surface area contributed by atoms with Crippen molar-refractivity contribution < 1.29 is 13.7 Å². The number of rotatable bonds is 10. The van der Waals surface area contributed by atoms with Crippen LogP contribution in [0.5, 0.6) is 0 Å². The third-order valence-corrected chi connectivity index (χ3v) is 22.5. The van der Waals surface area contributed by atoms with Crippen LogP contribution >= 0.6 is 22.7 Å². The highest BCUT2D eigenvalue weighted by molar-refractivity contribution is 7.27. The highest BCUT2D eigenvalue weighted by Gasteiger charge is 2.33. The summed E-state index contributed by atoms with van der Waals surface area (Å²) in [7, 11) is 0. The fourth-order valence-corrected chi connectivity index (χ4v) is 18.0. The molecule has 6 aromatic heterocycles. The van der Waals surface area contributed by atoms with E-state index in [1.54, 1.807) is 22.7 Å². The number of fused-ring (bicyclic) bond motifs is 17. The molecule has 478 valence electrons. The number of hydrogen-bond acceptors (Lipinski definition) is 5. The van der Waals surface area contributed by atoms with Crippen LogP contribution in [0.25, 0.3) is 206 Å². The first-order chi connectivity index (χ1) is 55.2. The van der Waals surface area contributed by atoms with Gasteiger partial charge in [-0.25, -0.2) is 19.8 Å². The molecule has 0 amide bonds. The summed E-state index contributed by atoms with van der Waals surface area (Å²) in [4.78, 5) is 21.3. The van der Waals surface area contributed by atoms with Crippen molar-refractivity contribution in [1.82, 2.24) is 28.7 Å². The fraction of sp³-hybridized carbons (Fsp3) is 0. The minimum absolute atomic E-state index is 0.118. The first-order valence-electron chi connectivity index (χ1n) is 38.8. The normalized spacial score (nSPS) is 13.2. The third kappa shape index (κ3) is 9.22. The predicted octanol–water partition coefficient (Wildman–Crippen LogP) is 26.1. The van der Waals surface area contributed by atoms with Crippen LogP contribution in [0.2, 0.25) is 0 Å². The molecule has 0 fully saturated rings. The Hall–Kier alpha value is -13.4. The van der Waals surface area contributed by atoms with Crippen LogP contribution < -0.4 is 0 Å². The van der Waals surface area contributed by atoms with Crippen LogP contribution in [0.4, 0.5) is 5.69 Å². The number of thiophene rings is 2. The van der Waals surface area contributed by atoms with Gasteiger partial charge in [0.1, 0.15) is 0 Å². The average molecular weight is 1360 g/mol. The lowest BCUT2D eigenvalue weighted by Crippen LogP contribution is -2.12. The van der Waals surface area contributed by atoms with Crippen LogP contribution in [0.3, 0.4) is 0 Å². The monoisotopic (exact) mass is 1360 g/mol. The second-order valence-corrected chi connectivity index (χ2v) is 27.8. The van der Waals surface area contributed by atoms with E-state index in [-0.39, 0.29) is 41.0 Å². The highest BCUT2D eigenvalue weighted by Crippen LogP contribution is 2.54.